The molecule has 0 aromatic heterocycles. The van der Waals surface area contributed by atoms with E-state index < -0.39 is 12.3 Å². The smallest absolute Gasteiger partial charge is 0.387 e. The highest BCUT2D eigenvalue weighted by Gasteiger charge is 2.60. The first-order valence-electron chi connectivity index (χ1n) is 10.2. The summed E-state index contributed by atoms with van der Waals surface area (Å²) in [5.41, 5.74) is 1.70. The zero-order valence-corrected chi connectivity index (χ0v) is 16.7. The number of carbonyl (C=O) groups excluding carboxylic acids is 1. The number of ether oxygens (including phenoxy) is 2. The Balaban J connectivity index is 1.54. The van der Waals surface area contributed by atoms with E-state index >= 15 is 0 Å². The summed E-state index contributed by atoms with van der Waals surface area (Å²) < 4.78 is 37.1. The highest BCUT2D eigenvalue weighted by atomic mass is 19.3. The number of amides is 1. The molecule has 1 amide bonds. The zero-order valence-electron chi connectivity index (χ0n) is 16.7. The standard InChI is InChI=1S/C24H17F2N3O3/c25-23(26)31-20-11-5-1-7-14(20)18-13-19-15-8-2-6-12-21(15)32-24(29(19)28-18)16-9-3-4-10-17(16)27-22(24)30/h1-12,19,23H,13H2,(H,27,30)/t19-,24-/m1/s1. The fourth-order valence-corrected chi connectivity index (χ4v) is 4.71. The van der Waals surface area contributed by atoms with E-state index in [1.807, 2.05) is 48.5 Å². The summed E-state index contributed by atoms with van der Waals surface area (Å²) >= 11 is 0. The van der Waals surface area contributed by atoms with Crippen molar-refractivity contribution in [2.45, 2.75) is 24.8 Å². The molecule has 2 atom stereocenters. The Kier molecular flexibility index (Phi) is 3.98. The molecule has 3 aliphatic rings. The van der Waals surface area contributed by atoms with Crippen molar-refractivity contribution in [3.63, 3.8) is 0 Å². The molecular weight excluding hydrogens is 416 g/mol. The fraction of sp³-hybridized carbons (Fsp3) is 0.167. The highest BCUT2D eigenvalue weighted by molar-refractivity contribution is 6.07. The van der Waals surface area contributed by atoms with E-state index in [-0.39, 0.29) is 17.7 Å². The van der Waals surface area contributed by atoms with Crippen LogP contribution >= 0.6 is 0 Å². The summed E-state index contributed by atoms with van der Waals surface area (Å²) in [6.45, 7) is -2.95. The monoisotopic (exact) mass is 433 g/mol. The van der Waals surface area contributed by atoms with E-state index in [1.54, 1.807) is 23.2 Å². The van der Waals surface area contributed by atoms with Crippen molar-refractivity contribution in [1.29, 1.82) is 0 Å². The lowest BCUT2D eigenvalue weighted by molar-refractivity contribution is -0.161. The predicted molar refractivity (Wildman–Crippen MR) is 113 cm³/mol. The van der Waals surface area contributed by atoms with Gasteiger partial charge in [0.2, 0.25) is 0 Å². The minimum atomic E-state index is -2.95. The van der Waals surface area contributed by atoms with Crippen LogP contribution in [-0.2, 0) is 10.5 Å². The summed E-state index contributed by atoms with van der Waals surface area (Å²) in [5.74, 6) is 0.287. The number of anilines is 1. The molecule has 3 aliphatic heterocycles. The van der Waals surface area contributed by atoms with Crippen molar-refractivity contribution in [2.75, 3.05) is 5.32 Å². The Labute approximate surface area is 182 Å². The molecule has 6 rings (SSSR count). The normalized spacial score (nSPS) is 22.7. The van der Waals surface area contributed by atoms with Crippen molar-refractivity contribution >= 4 is 17.3 Å². The van der Waals surface area contributed by atoms with Crippen molar-refractivity contribution in [3.05, 3.63) is 89.5 Å². The van der Waals surface area contributed by atoms with Crippen LogP contribution in [0.15, 0.2) is 77.9 Å². The van der Waals surface area contributed by atoms with Gasteiger partial charge < -0.3 is 14.8 Å². The van der Waals surface area contributed by atoms with Gasteiger partial charge in [0, 0.05) is 17.5 Å². The van der Waals surface area contributed by atoms with Gasteiger partial charge in [-0.1, -0.05) is 48.5 Å². The first-order valence-corrected chi connectivity index (χ1v) is 10.2. The van der Waals surface area contributed by atoms with E-state index in [9.17, 15) is 13.6 Å². The minimum absolute atomic E-state index is 0.0422. The number of fused-ring (bicyclic) bond motifs is 6. The second-order valence-corrected chi connectivity index (χ2v) is 7.77. The van der Waals surface area contributed by atoms with Gasteiger partial charge in [-0.2, -0.15) is 13.9 Å². The van der Waals surface area contributed by atoms with Crippen LogP contribution < -0.4 is 14.8 Å². The van der Waals surface area contributed by atoms with Gasteiger partial charge in [-0.05, 0) is 24.3 Å². The number of para-hydroxylation sites is 3. The number of hydrogen-bond donors (Lipinski definition) is 1. The second-order valence-electron chi connectivity index (χ2n) is 7.77. The fourth-order valence-electron chi connectivity index (χ4n) is 4.71. The number of nitrogens with zero attached hydrogens (tertiary/aromatic N) is 2. The Morgan fingerprint density at radius 2 is 1.81 bits per heavy atom. The summed E-state index contributed by atoms with van der Waals surface area (Å²) in [7, 11) is 0. The molecule has 3 heterocycles. The largest absolute Gasteiger partial charge is 0.453 e. The van der Waals surface area contributed by atoms with E-state index in [0.717, 1.165) is 5.56 Å². The van der Waals surface area contributed by atoms with Crippen molar-refractivity contribution < 1.29 is 23.0 Å². The summed E-state index contributed by atoms with van der Waals surface area (Å²) in [6.07, 6.45) is 0.404. The Hall–Kier alpha value is -3.94. The molecule has 0 saturated carbocycles. The molecule has 1 spiro atoms. The Bertz CT molecular complexity index is 1280. The van der Waals surface area contributed by atoms with Crippen LogP contribution in [0.4, 0.5) is 14.5 Å². The first-order chi connectivity index (χ1) is 15.6. The molecule has 1 N–H and O–H groups in total. The van der Waals surface area contributed by atoms with E-state index in [2.05, 4.69) is 5.32 Å². The number of rotatable bonds is 3. The lowest BCUT2D eigenvalue weighted by atomic mass is 9.92. The number of carbonyl (C=O) groups is 1. The number of halogens is 2. The van der Waals surface area contributed by atoms with Gasteiger partial charge in [0.25, 0.3) is 5.91 Å². The summed E-state index contributed by atoms with van der Waals surface area (Å²) in [4.78, 5) is 13.3. The highest BCUT2D eigenvalue weighted by Crippen LogP contribution is 2.54. The second kappa shape index (κ2) is 6.78. The van der Waals surface area contributed by atoms with Crippen LogP contribution in [0.2, 0.25) is 0 Å². The molecule has 0 aliphatic carbocycles. The van der Waals surface area contributed by atoms with Crippen LogP contribution in [-0.4, -0.2) is 23.2 Å². The third kappa shape index (κ3) is 2.55. The SMILES string of the molecule is O=C1Nc2ccccc2[C@@]12Oc1ccccc1[C@H]1CC(c3ccccc3OC(F)F)=NN12. The Morgan fingerprint density at radius 3 is 2.69 bits per heavy atom. The quantitative estimate of drug-likeness (QED) is 0.654. The molecule has 160 valence electrons. The number of benzene rings is 3. The summed E-state index contributed by atoms with van der Waals surface area (Å²) in [5, 5.41) is 9.32. The molecule has 3 aromatic carbocycles. The van der Waals surface area contributed by atoms with Crippen LogP contribution in [0.1, 0.15) is 29.2 Å². The molecule has 0 saturated heterocycles. The average molecular weight is 433 g/mol. The molecule has 0 unspecified atom stereocenters. The summed E-state index contributed by atoms with van der Waals surface area (Å²) in [6, 6.07) is 21.1. The van der Waals surface area contributed by atoms with E-state index in [4.69, 9.17) is 14.6 Å². The number of hydrogen-bond acceptors (Lipinski definition) is 5. The van der Waals surface area contributed by atoms with E-state index in [0.29, 0.717) is 34.7 Å². The van der Waals surface area contributed by atoms with Crippen molar-refractivity contribution in [2.24, 2.45) is 5.10 Å². The first kappa shape index (κ1) is 18.8. The maximum Gasteiger partial charge on any atom is 0.387 e. The van der Waals surface area contributed by atoms with E-state index in [1.165, 1.54) is 6.07 Å². The number of hydrazone groups is 1. The van der Waals surface area contributed by atoms with Crippen molar-refractivity contribution in [3.8, 4) is 11.5 Å². The predicted octanol–water partition coefficient (Wildman–Crippen LogP) is 4.64. The van der Waals surface area contributed by atoms with Gasteiger partial charge in [0.05, 0.1) is 23.0 Å². The zero-order chi connectivity index (χ0) is 21.9. The van der Waals surface area contributed by atoms with Gasteiger partial charge in [-0.3, -0.25) is 4.79 Å². The lowest BCUT2D eigenvalue weighted by Gasteiger charge is -2.43. The van der Waals surface area contributed by atoms with Crippen LogP contribution in [0.5, 0.6) is 11.5 Å². The maximum absolute atomic E-state index is 13.3. The molecule has 0 fully saturated rings. The van der Waals surface area contributed by atoms with Crippen molar-refractivity contribution in [1.82, 2.24) is 5.01 Å². The minimum Gasteiger partial charge on any atom is -0.453 e. The van der Waals surface area contributed by atoms with Gasteiger partial charge in [0.15, 0.2) is 0 Å². The molecule has 0 radical (unpaired) electrons. The molecule has 32 heavy (non-hydrogen) atoms. The molecule has 6 nitrogen and oxygen atoms in total. The molecule has 0 bridgehead atoms. The Morgan fingerprint density at radius 1 is 1.06 bits per heavy atom. The van der Waals surface area contributed by atoms with Crippen LogP contribution in [0, 0.1) is 0 Å². The lowest BCUT2D eigenvalue weighted by Crippen LogP contribution is -2.55. The van der Waals surface area contributed by atoms with Gasteiger partial charge in [0.1, 0.15) is 11.5 Å². The average Bonchev–Trinajstić information content (AvgIpc) is 3.35. The van der Waals surface area contributed by atoms with Gasteiger partial charge in [-0.15, -0.1) is 0 Å². The van der Waals surface area contributed by atoms with Gasteiger partial charge >= 0.3 is 12.3 Å². The van der Waals surface area contributed by atoms with Crippen LogP contribution in [0.3, 0.4) is 0 Å². The molecule has 8 heteroatoms. The topological polar surface area (TPSA) is 63.2 Å². The maximum atomic E-state index is 13.3. The number of alkyl halides is 2. The van der Waals surface area contributed by atoms with Crippen LogP contribution in [0.25, 0.3) is 0 Å². The van der Waals surface area contributed by atoms with Gasteiger partial charge in [-0.25, -0.2) is 5.01 Å². The molecular formula is C24H17F2N3O3. The third-order valence-corrected chi connectivity index (χ3v) is 6.03. The molecule has 3 aromatic rings. The number of nitrogens with one attached hydrogen (secondary N) is 1. The third-order valence-electron chi connectivity index (χ3n) is 6.03.